The van der Waals surface area contributed by atoms with E-state index in [0.717, 1.165) is 17.4 Å². The summed E-state index contributed by atoms with van der Waals surface area (Å²) in [6, 6.07) is 27.4. The first-order valence-corrected chi connectivity index (χ1v) is 15.0. The van der Waals surface area contributed by atoms with Crippen LogP contribution in [0.25, 0.3) is 0 Å². The molecule has 1 atom stereocenters. The van der Waals surface area contributed by atoms with Crippen molar-refractivity contribution in [1.29, 1.82) is 0 Å². The highest BCUT2D eigenvalue weighted by Crippen LogP contribution is 2.20. The molecule has 0 saturated heterocycles. The quantitative estimate of drug-likeness (QED) is 0.352. The molecule has 3 aromatic carbocycles. The first-order valence-electron chi connectivity index (χ1n) is 13.2. The number of nitrogens with zero attached hydrogens (tertiary/aromatic N) is 2. The Morgan fingerprint density at radius 3 is 1.85 bits per heavy atom. The van der Waals surface area contributed by atoms with E-state index in [1.165, 1.54) is 4.31 Å². The number of nitrogens with one attached hydrogen (secondary N) is 1. The van der Waals surface area contributed by atoms with E-state index < -0.39 is 21.6 Å². The van der Waals surface area contributed by atoms with Crippen molar-refractivity contribution in [2.75, 3.05) is 17.1 Å². The minimum absolute atomic E-state index is 0.0970. The molecule has 1 N–H and O–H groups in total. The van der Waals surface area contributed by atoms with E-state index in [0.29, 0.717) is 18.5 Å². The predicted molar refractivity (Wildman–Crippen MR) is 157 cm³/mol. The number of amides is 2. The van der Waals surface area contributed by atoms with Crippen LogP contribution in [0.4, 0.5) is 5.69 Å². The van der Waals surface area contributed by atoms with Crippen LogP contribution in [0, 0.1) is 0 Å². The fourth-order valence-corrected chi connectivity index (χ4v) is 5.35. The fourth-order valence-electron chi connectivity index (χ4n) is 4.39. The highest BCUT2D eigenvalue weighted by Gasteiger charge is 2.32. The van der Waals surface area contributed by atoms with Gasteiger partial charge in [0.15, 0.2) is 0 Å². The average molecular weight is 550 g/mol. The molecule has 0 fully saturated rings. The molecule has 0 aromatic heterocycles. The van der Waals surface area contributed by atoms with Gasteiger partial charge in [0.05, 0.1) is 11.9 Å². The zero-order valence-electron chi connectivity index (χ0n) is 23.2. The second-order valence-corrected chi connectivity index (χ2v) is 12.6. The minimum atomic E-state index is -3.53. The number of para-hydroxylation sites is 1. The first kappa shape index (κ1) is 29.9. The SMILES string of the molecule is CC(C)(C)NC(=O)[C@@H](Cc1ccccc1)N(Cc1ccccc1)C(=O)CCCN(c1ccccc1)S(C)(=O)=O. The Labute approximate surface area is 232 Å². The Balaban J connectivity index is 1.87. The highest BCUT2D eigenvalue weighted by molar-refractivity contribution is 7.92. The van der Waals surface area contributed by atoms with Crippen LogP contribution in [-0.2, 0) is 32.6 Å². The lowest BCUT2D eigenvalue weighted by atomic mass is 10.00. The van der Waals surface area contributed by atoms with Crippen LogP contribution in [0.3, 0.4) is 0 Å². The Morgan fingerprint density at radius 2 is 1.33 bits per heavy atom. The number of hydrogen-bond acceptors (Lipinski definition) is 4. The third-order valence-corrected chi connectivity index (χ3v) is 7.36. The van der Waals surface area contributed by atoms with E-state index >= 15 is 0 Å². The van der Waals surface area contributed by atoms with E-state index in [2.05, 4.69) is 5.32 Å². The molecule has 0 aliphatic heterocycles. The van der Waals surface area contributed by atoms with Gasteiger partial charge in [0.1, 0.15) is 6.04 Å². The largest absolute Gasteiger partial charge is 0.350 e. The summed E-state index contributed by atoms with van der Waals surface area (Å²) < 4.78 is 26.3. The number of benzene rings is 3. The van der Waals surface area contributed by atoms with E-state index in [9.17, 15) is 18.0 Å². The van der Waals surface area contributed by atoms with Crippen LogP contribution in [0.1, 0.15) is 44.7 Å². The van der Waals surface area contributed by atoms with Gasteiger partial charge >= 0.3 is 0 Å². The molecule has 0 heterocycles. The molecule has 39 heavy (non-hydrogen) atoms. The van der Waals surface area contributed by atoms with Crippen molar-refractivity contribution in [3.05, 3.63) is 102 Å². The van der Waals surface area contributed by atoms with Crippen LogP contribution < -0.4 is 9.62 Å². The van der Waals surface area contributed by atoms with Crippen molar-refractivity contribution < 1.29 is 18.0 Å². The summed E-state index contributed by atoms with van der Waals surface area (Å²) in [5.74, 6) is -0.428. The van der Waals surface area contributed by atoms with Crippen LogP contribution in [0.2, 0.25) is 0 Å². The number of sulfonamides is 1. The predicted octanol–water partition coefficient (Wildman–Crippen LogP) is 4.79. The van der Waals surface area contributed by atoms with Crippen molar-refractivity contribution in [2.45, 2.75) is 58.2 Å². The molecule has 3 aromatic rings. The zero-order valence-corrected chi connectivity index (χ0v) is 24.0. The second kappa shape index (κ2) is 13.4. The maximum absolute atomic E-state index is 13.8. The van der Waals surface area contributed by atoms with Crippen molar-refractivity contribution in [3.8, 4) is 0 Å². The first-order chi connectivity index (χ1) is 18.4. The molecule has 0 aliphatic carbocycles. The van der Waals surface area contributed by atoms with Gasteiger partial charge in [-0.25, -0.2) is 8.42 Å². The zero-order chi connectivity index (χ0) is 28.5. The van der Waals surface area contributed by atoms with Crippen molar-refractivity contribution >= 4 is 27.5 Å². The molecule has 0 radical (unpaired) electrons. The van der Waals surface area contributed by atoms with Gasteiger partial charge in [0.2, 0.25) is 21.8 Å². The summed E-state index contributed by atoms with van der Waals surface area (Å²) in [6.07, 6.45) is 1.93. The van der Waals surface area contributed by atoms with Crippen LogP contribution in [0.5, 0.6) is 0 Å². The van der Waals surface area contributed by atoms with Crippen molar-refractivity contribution in [3.63, 3.8) is 0 Å². The van der Waals surface area contributed by atoms with Crippen LogP contribution >= 0.6 is 0 Å². The third-order valence-electron chi connectivity index (χ3n) is 6.16. The molecule has 0 saturated carbocycles. The van der Waals surface area contributed by atoms with Gasteiger partial charge in [-0.3, -0.25) is 13.9 Å². The van der Waals surface area contributed by atoms with Gasteiger partial charge in [-0.1, -0.05) is 78.9 Å². The summed E-state index contributed by atoms with van der Waals surface area (Å²) in [4.78, 5) is 29.0. The molecule has 208 valence electrons. The summed E-state index contributed by atoms with van der Waals surface area (Å²) in [5, 5.41) is 3.06. The van der Waals surface area contributed by atoms with Gasteiger partial charge < -0.3 is 10.2 Å². The number of carbonyl (C=O) groups is 2. The normalized spacial score (nSPS) is 12.4. The smallest absolute Gasteiger partial charge is 0.243 e. The van der Waals surface area contributed by atoms with E-state index in [-0.39, 0.29) is 31.3 Å². The monoisotopic (exact) mass is 549 g/mol. The molecular weight excluding hydrogens is 510 g/mol. The Hall–Kier alpha value is -3.65. The molecular formula is C31H39N3O4S. The van der Waals surface area contributed by atoms with E-state index in [4.69, 9.17) is 0 Å². The molecule has 0 unspecified atom stereocenters. The minimum Gasteiger partial charge on any atom is -0.350 e. The topological polar surface area (TPSA) is 86.8 Å². The molecule has 0 aliphatic rings. The summed E-state index contributed by atoms with van der Waals surface area (Å²) in [7, 11) is -3.53. The van der Waals surface area contributed by atoms with Crippen LogP contribution in [-0.4, -0.2) is 49.5 Å². The second-order valence-electron chi connectivity index (χ2n) is 10.7. The lowest BCUT2D eigenvalue weighted by Crippen LogP contribution is -2.54. The van der Waals surface area contributed by atoms with Gasteiger partial charge in [0.25, 0.3) is 0 Å². The van der Waals surface area contributed by atoms with Crippen molar-refractivity contribution in [2.24, 2.45) is 0 Å². The van der Waals surface area contributed by atoms with Gasteiger partial charge in [-0.2, -0.15) is 0 Å². The third kappa shape index (κ3) is 9.55. The summed E-state index contributed by atoms with van der Waals surface area (Å²) in [5.41, 5.74) is 1.94. The Morgan fingerprint density at radius 1 is 0.821 bits per heavy atom. The fraction of sp³-hybridized carbons (Fsp3) is 0.355. The van der Waals surface area contributed by atoms with Gasteiger partial charge in [-0.15, -0.1) is 0 Å². The number of anilines is 1. The van der Waals surface area contributed by atoms with Crippen molar-refractivity contribution in [1.82, 2.24) is 10.2 Å². The number of carbonyl (C=O) groups excluding carboxylic acids is 2. The molecule has 7 nitrogen and oxygen atoms in total. The molecule has 2 amide bonds. The lowest BCUT2D eigenvalue weighted by molar-refractivity contribution is -0.142. The summed E-state index contributed by atoms with van der Waals surface area (Å²) in [6.45, 7) is 6.17. The Kier molecular flexibility index (Phi) is 10.3. The standard InChI is InChI=1S/C31H39N3O4S/c1-31(2,3)32-30(36)28(23-25-15-8-5-9-16-25)33(24-26-17-10-6-11-18-26)29(35)21-14-22-34(39(4,37)38)27-19-12-7-13-20-27/h5-13,15-20,28H,14,21-24H2,1-4H3,(H,32,36)/t28-/m1/s1. The average Bonchev–Trinajstić information content (AvgIpc) is 2.88. The van der Waals surface area contributed by atoms with E-state index in [1.807, 2.05) is 87.5 Å². The van der Waals surface area contributed by atoms with Crippen LogP contribution in [0.15, 0.2) is 91.0 Å². The molecule has 0 spiro atoms. The molecule has 3 rings (SSSR count). The molecule has 0 bridgehead atoms. The maximum Gasteiger partial charge on any atom is 0.243 e. The summed E-state index contributed by atoms with van der Waals surface area (Å²) >= 11 is 0. The number of rotatable bonds is 12. The highest BCUT2D eigenvalue weighted by atomic mass is 32.2. The Bertz CT molecular complexity index is 1310. The lowest BCUT2D eigenvalue weighted by Gasteiger charge is -2.34. The van der Waals surface area contributed by atoms with Gasteiger partial charge in [-0.05, 0) is 50.5 Å². The maximum atomic E-state index is 13.8. The van der Waals surface area contributed by atoms with E-state index in [1.54, 1.807) is 29.2 Å². The molecule has 8 heteroatoms. The number of hydrogen-bond donors (Lipinski definition) is 1. The van der Waals surface area contributed by atoms with Gasteiger partial charge in [0, 0.05) is 31.5 Å².